The number of hydrogen-bond donors (Lipinski definition) is 1. The number of imidazole rings is 1. The van der Waals surface area contributed by atoms with Crippen LogP contribution in [0.5, 0.6) is 0 Å². The van der Waals surface area contributed by atoms with Gasteiger partial charge in [-0.05, 0) is 45.7 Å². The summed E-state index contributed by atoms with van der Waals surface area (Å²) in [4.78, 5) is 6.60. The fourth-order valence-electron chi connectivity index (χ4n) is 2.03. The zero-order valence-electron chi connectivity index (χ0n) is 11.3. The van der Waals surface area contributed by atoms with Crippen LogP contribution in [0.25, 0.3) is 11.0 Å². The molecule has 0 saturated heterocycles. The van der Waals surface area contributed by atoms with Gasteiger partial charge in [-0.1, -0.05) is 12.1 Å². The Morgan fingerprint density at radius 1 is 1.22 bits per heavy atom. The van der Waals surface area contributed by atoms with Gasteiger partial charge in [-0.2, -0.15) is 0 Å². The molecule has 0 aliphatic heterocycles. The van der Waals surface area contributed by atoms with E-state index in [1.807, 2.05) is 12.4 Å². The van der Waals surface area contributed by atoms with Crippen LogP contribution in [0.15, 0.2) is 30.6 Å². The Balaban J connectivity index is 1.74. The summed E-state index contributed by atoms with van der Waals surface area (Å²) in [6, 6.07) is 8.26. The molecular formula is C14H22N4. The Morgan fingerprint density at radius 2 is 2.06 bits per heavy atom. The van der Waals surface area contributed by atoms with Crippen molar-refractivity contribution in [2.24, 2.45) is 0 Å². The molecular weight excluding hydrogens is 224 g/mol. The molecule has 1 heterocycles. The summed E-state index contributed by atoms with van der Waals surface area (Å²) in [5.74, 6) is 0. The number of nitrogens with one attached hydrogen (secondary N) is 1. The number of benzene rings is 1. The Labute approximate surface area is 109 Å². The molecule has 0 unspecified atom stereocenters. The maximum atomic E-state index is 4.39. The molecule has 98 valence electrons. The molecule has 0 amide bonds. The van der Waals surface area contributed by atoms with Crippen LogP contribution < -0.4 is 5.32 Å². The van der Waals surface area contributed by atoms with Gasteiger partial charge in [-0.25, -0.2) is 4.98 Å². The van der Waals surface area contributed by atoms with E-state index in [2.05, 4.69) is 52.1 Å². The molecule has 0 aliphatic rings. The molecule has 0 aliphatic carbocycles. The molecule has 0 spiro atoms. The number of para-hydroxylation sites is 2. The average molecular weight is 246 g/mol. The summed E-state index contributed by atoms with van der Waals surface area (Å²) < 4.78 is 2.20. The zero-order valence-corrected chi connectivity index (χ0v) is 11.3. The van der Waals surface area contributed by atoms with Gasteiger partial charge in [0.15, 0.2) is 0 Å². The van der Waals surface area contributed by atoms with Gasteiger partial charge in [0.1, 0.15) is 0 Å². The number of nitrogens with zero attached hydrogens (tertiary/aromatic N) is 3. The average Bonchev–Trinajstić information content (AvgIpc) is 2.77. The molecule has 0 bridgehead atoms. The first kappa shape index (κ1) is 13.1. The van der Waals surface area contributed by atoms with Crippen molar-refractivity contribution in [1.29, 1.82) is 0 Å². The molecule has 18 heavy (non-hydrogen) atoms. The maximum Gasteiger partial charge on any atom is 0.0958 e. The van der Waals surface area contributed by atoms with E-state index in [-0.39, 0.29) is 0 Å². The SMILES string of the molecule is CN(C)CCCNCCn1cnc2ccccc21. The zero-order chi connectivity index (χ0) is 12.8. The third kappa shape index (κ3) is 3.55. The summed E-state index contributed by atoms with van der Waals surface area (Å²) in [5, 5.41) is 3.47. The molecule has 0 saturated carbocycles. The number of rotatable bonds is 7. The Hall–Kier alpha value is -1.39. The summed E-state index contributed by atoms with van der Waals surface area (Å²) in [6.45, 7) is 4.18. The van der Waals surface area contributed by atoms with Crippen molar-refractivity contribution >= 4 is 11.0 Å². The van der Waals surface area contributed by atoms with E-state index in [1.54, 1.807) is 0 Å². The molecule has 4 heteroatoms. The fourth-order valence-corrected chi connectivity index (χ4v) is 2.03. The highest BCUT2D eigenvalue weighted by molar-refractivity contribution is 5.74. The highest BCUT2D eigenvalue weighted by atomic mass is 15.1. The van der Waals surface area contributed by atoms with Gasteiger partial charge in [-0.15, -0.1) is 0 Å². The van der Waals surface area contributed by atoms with Crippen molar-refractivity contribution in [3.8, 4) is 0 Å². The first-order valence-corrected chi connectivity index (χ1v) is 6.52. The quantitative estimate of drug-likeness (QED) is 0.753. The lowest BCUT2D eigenvalue weighted by Crippen LogP contribution is -2.24. The maximum absolute atomic E-state index is 4.39. The van der Waals surface area contributed by atoms with Gasteiger partial charge in [0.2, 0.25) is 0 Å². The van der Waals surface area contributed by atoms with E-state index in [9.17, 15) is 0 Å². The molecule has 0 radical (unpaired) electrons. The molecule has 1 N–H and O–H groups in total. The number of fused-ring (bicyclic) bond motifs is 1. The van der Waals surface area contributed by atoms with Gasteiger partial charge in [0.25, 0.3) is 0 Å². The standard InChI is InChI=1S/C14H22N4/c1-17(2)10-5-8-15-9-11-18-12-16-13-6-3-4-7-14(13)18/h3-4,6-7,12,15H,5,8-11H2,1-2H3. The highest BCUT2D eigenvalue weighted by Gasteiger charge is 2.00. The third-order valence-electron chi connectivity index (χ3n) is 3.02. The van der Waals surface area contributed by atoms with Crippen LogP contribution in [0.4, 0.5) is 0 Å². The van der Waals surface area contributed by atoms with Gasteiger partial charge < -0.3 is 14.8 Å². The summed E-state index contributed by atoms with van der Waals surface area (Å²) in [7, 11) is 4.22. The van der Waals surface area contributed by atoms with Gasteiger partial charge in [0, 0.05) is 13.1 Å². The Kier molecular flexibility index (Phi) is 4.73. The van der Waals surface area contributed by atoms with Crippen LogP contribution in [0.2, 0.25) is 0 Å². The van der Waals surface area contributed by atoms with Crippen LogP contribution in [-0.4, -0.2) is 48.2 Å². The smallest absolute Gasteiger partial charge is 0.0958 e. The first-order chi connectivity index (χ1) is 8.77. The van der Waals surface area contributed by atoms with Crippen LogP contribution in [0.3, 0.4) is 0 Å². The molecule has 2 aromatic rings. The second-order valence-electron chi connectivity index (χ2n) is 4.83. The van der Waals surface area contributed by atoms with Gasteiger partial charge in [0.05, 0.1) is 17.4 Å². The van der Waals surface area contributed by atoms with E-state index in [0.717, 1.165) is 31.7 Å². The normalized spacial score (nSPS) is 11.5. The van der Waals surface area contributed by atoms with E-state index >= 15 is 0 Å². The fraction of sp³-hybridized carbons (Fsp3) is 0.500. The minimum atomic E-state index is 0.975. The van der Waals surface area contributed by atoms with E-state index in [1.165, 1.54) is 11.9 Å². The van der Waals surface area contributed by atoms with Crippen molar-refractivity contribution in [3.63, 3.8) is 0 Å². The van der Waals surface area contributed by atoms with Crippen LogP contribution >= 0.6 is 0 Å². The van der Waals surface area contributed by atoms with E-state index in [4.69, 9.17) is 0 Å². The number of hydrogen-bond acceptors (Lipinski definition) is 3. The lowest BCUT2D eigenvalue weighted by Gasteiger charge is -2.10. The highest BCUT2D eigenvalue weighted by Crippen LogP contribution is 2.10. The van der Waals surface area contributed by atoms with Crippen molar-refractivity contribution in [2.45, 2.75) is 13.0 Å². The predicted octanol–water partition coefficient (Wildman–Crippen LogP) is 1.58. The minimum Gasteiger partial charge on any atom is -0.329 e. The predicted molar refractivity (Wildman–Crippen MR) is 75.8 cm³/mol. The van der Waals surface area contributed by atoms with Crippen molar-refractivity contribution in [3.05, 3.63) is 30.6 Å². The van der Waals surface area contributed by atoms with Crippen molar-refractivity contribution in [1.82, 2.24) is 19.8 Å². The van der Waals surface area contributed by atoms with Crippen LogP contribution in [-0.2, 0) is 6.54 Å². The Bertz CT molecular complexity index is 475. The Morgan fingerprint density at radius 3 is 2.89 bits per heavy atom. The van der Waals surface area contributed by atoms with Crippen molar-refractivity contribution < 1.29 is 0 Å². The summed E-state index contributed by atoms with van der Waals surface area (Å²) in [5.41, 5.74) is 2.29. The molecule has 2 rings (SSSR count). The minimum absolute atomic E-state index is 0.975. The molecule has 0 fully saturated rings. The van der Waals surface area contributed by atoms with Gasteiger partial charge in [-0.3, -0.25) is 0 Å². The molecule has 1 aromatic carbocycles. The largest absolute Gasteiger partial charge is 0.329 e. The monoisotopic (exact) mass is 246 g/mol. The first-order valence-electron chi connectivity index (χ1n) is 6.52. The molecule has 0 atom stereocenters. The van der Waals surface area contributed by atoms with Crippen LogP contribution in [0.1, 0.15) is 6.42 Å². The van der Waals surface area contributed by atoms with Crippen LogP contribution in [0, 0.1) is 0 Å². The third-order valence-corrected chi connectivity index (χ3v) is 3.02. The second-order valence-corrected chi connectivity index (χ2v) is 4.83. The topological polar surface area (TPSA) is 33.1 Å². The van der Waals surface area contributed by atoms with Crippen molar-refractivity contribution in [2.75, 3.05) is 33.7 Å². The van der Waals surface area contributed by atoms with E-state index < -0.39 is 0 Å². The molecule has 4 nitrogen and oxygen atoms in total. The lowest BCUT2D eigenvalue weighted by atomic mass is 10.3. The second kappa shape index (κ2) is 6.52. The van der Waals surface area contributed by atoms with E-state index in [0.29, 0.717) is 0 Å². The molecule has 1 aromatic heterocycles. The summed E-state index contributed by atoms with van der Waals surface area (Å²) in [6.07, 6.45) is 3.11. The summed E-state index contributed by atoms with van der Waals surface area (Å²) >= 11 is 0. The lowest BCUT2D eigenvalue weighted by molar-refractivity contribution is 0.393. The number of aromatic nitrogens is 2. The van der Waals surface area contributed by atoms with Gasteiger partial charge >= 0.3 is 0 Å².